The number of aromatic amines is 1. The number of hydrogen-bond acceptors (Lipinski definition) is 4. The van der Waals surface area contributed by atoms with Crippen molar-refractivity contribution in [2.24, 2.45) is 0 Å². The molecule has 2 N–H and O–H groups in total. The number of phenolic OH excluding ortho intramolecular Hbond substituents is 1. The molecule has 7 heteroatoms. The zero-order valence-corrected chi connectivity index (χ0v) is 12.4. The third-order valence-electron chi connectivity index (χ3n) is 2.99. The minimum Gasteiger partial charge on any atom is -0.506 e. The van der Waals surface area contributed by atoms with Crippen molar-refractivity contribution in [3.8, 4) is 28.7 Å². The molecule has 0 saturated carbocycles. The number of aryl methyl sites for hydroxylation is 1. The highest BCUT2D eigenvalue weighted by Crippen LogP contribution is 2.36. The molecule has 5 nitrogen and oxygen atoms in total. The van der Waals surface area contributed by atoms with E-state index in [1.165, 1.54) is 6.07 Å². The fourth-order valence-electron chi connectivity index (χ4n) is 1.95. The van der Waals surface area contributed by atoms with Gasteiger partial charge < -0.3 is 5.11 Å². The number of nitrogens with zero attached hydrogens (tertiary/aromatic N) is 3. The lowest BCUT2D eigenvalue weighted by Crippen LogP contribution is -1.89. The van der Waals surface area contributed by atoms with Crippen molar-refractivity contribution in [1.29, 1.82) is 0 Å². The summed E-state index contributed by atoms with van der Waals surface area (Å²) < 4.78 is 0. The summed E-state index contributed by atoms with van der Waals surface area (Å²) in [5.74, 6) is 0.720. The van der Waals surface area contributed by atoms with Crippen LogP contribution in [0.2, 0.25) is 10.0 Å². The molecule has 0 aliphatic rings. The summed E-state index contributed by atoms with van der Waals surface area (Å²) in [5, 5.41) is 17.5. The van der Waals surface area contributed by atoms with Gasteiger partial charge in [0.25, 0.3) is 0 Å². The van der Waals surface area contributed by atoms with Crippen LogP contribution in [0, 0.1) is 6.92 Å². The van der Waals surface area contributed by atoms with Crippen LogP contribution in [0.25, 0.3) is 22.9 Å². The van der Waals surface area contributed by atoms with Crippen molar-refractivity contribution >= 4 is 23.2 Å². The molecule has 2 aromatic heterocycles. The number of halogens is 2. The number of nitrogens with one attached hydrogen (secondary N) is 1. The van der Waals surface area contributed by atoms with Gasteiger partial charge in [-0.3, -0.25) is 10.1 Å². The first kappa shape index (κ1) is 13.9. The Kier molecular flexibility index (Phi) is 3.53. The maximum atomic E-state index is 10.0. The number of H-pyrrole nitrogens is 1. The molecule has 0 radical (unpaired) electrons. The van der Waals surface area contributed by atoms with Gasteiger partial charge in [-0.15, -0.1) is 0 Å². The fourth-order valence-corrected chi connectivity index (χ4v) is 2.45. The minimum absolute atomic E-state index is 0.0958. The topological polar surface area (TPSA) is 74.7 Å². The van der Waals surface area contributed by atoms with Gasteiger partial charge in [-0.05, 0) is 30.7 Å². The minimum atomic E-state index is -0.0958. The molecular weight excluding hydrogens is 311 g/mol. The van der Waals surface area contributed by atoms with E-state index in [0.717, 1.165) is 5.56 Å². The van der Waals surface area contributed by atoms with Crippen LogP contribution >= 0.6 is 23.2 Å². The average molecular weight is 321 g/mol. The van der Waals surface area contributed by atoms with Crippen molar-refractivity contribution in [2.45, 2.75) is 6.92 Å². The molecule has 0 saturated heterocycles. The quantitative estimate of drug-likeness (QED) is 0.752. The molecule has 0 unspecified atom stereocenters. The molecule has 21 heavy (non-hydrogen) atoms. The van der Waals surface area contributed by atoms with Crippen LogP contribution in [0.15, 0.2) is 30.5 Å². The van der Waals surface area contributed by atoms with Crippen LogP contribution in [0.1, 0.15) is 5.56 Å². The lowest BCUT2D eigenvalue weighted by molar-refractivity contribution is 0.477. The zero-order valence-electron chi connectivity index (χ0n) is 10.9. The Bertz CT molecular complexity index is 816. The van der Waals surface area contributed by atoms with E-state index in [1.807, 2.05) is 19.1 Å². The average Bonchev–Trinajstić information content (AvgIpc) is 2.92. The van der Waals surface area contributed by atoms with E-state index in [1.54, 1.807) is 12.3 Å². The van der Waals surface area contributed by atoms with Crippen molar-refractivity contribution in [3.63, 3.8) is 0 Å². The van der Waals surface area contributed by atoms with Crippen LogP contribution in [0.4, 0.5) is 0 Å². The summed E-state index contributed by atoms with van der Waals surface area (Å²) in [6.45, 7) is 1.92. The van der Waals surface area contributed by atoms with E-state index in [9.17, 15) is 5.11 Å². The SMILES string of the molecule is Cc1cccnc1-c1n[nH]c(-c2cc(Cl)cc(Cl)c2O)n1. The fraction of sp³-hybridized carbons (Fsp3) is 0.0714. The summed E-state index contributed by atoms with van der Waals surface area (Å²) >= 11 is 11.9. The number of pyridine rings is 1. The number of hydrogen-bond donors (Lipinski definition) is 2. The Morgan fingerprint density at radius 2 is 2.05 bits per heavy atom. The lowest BCUT2D eigenvalue weighted by Gasteiger charge is -2.03. The van der Waals surface area contributed by atoms with E-state index in [0.29, 0.717) is 27.9 Å². The Labute approximate surface area is 130 Å². The number of phenols is 1. The molecule has 0 aliphatic carbocycles. The molecule has 1 aromatic carbocycles. The second kappa shape index (κ2) is 5.35. The number of benzene rings is 1. The van der Waals surface area contributed by atoms with Gasteiger partial charge in [-0.25, -0.2) is 4.98 Å². The van der Waals surface area contributed by atoms with Crippen molar-refractivity contribution in [2.75, 3.05) is 0 Å². The van der Waals surface area contributed by atoms with Gasteiger partial charge in [-0.2, -0.15) is 5.10 Å². The predicted octanol–water partition coefficient (Wildman–Crippen LogP) is 3.85. The highest BCUT2D eigenvalue weighted by molar-refractivity contribution is 6.36. The van der Waals surface area contributed by atoms with Gasteiger partial charge in [0.15, 0.2) is 11.6 Å². The van der Waals surface area contributed by atoms with Crippen molar-refractivity contribution < 1.29 is 5.11 Å². The van der Waals surface area contributed by atoms with E-state index in [4.69, 9.17) is 23.2 Å². The Morgan fingerprint density at radius 3 is 2.81 bits per heavy atom. The molecule has 3 aromatic rings. The number of aromatic nitrogens is 4. The van der Waals surface area contributed by atoms with Crippen LogP contribution in [-0.2, 0) is 0 Å². The highest BCUT2D eigenvalue weighted by Gasteiger charge is 2.16. The van der Waals surface area contributed by atoms with Gasteiger partial charge in [0.2, 0.25) is 0 Å². The molecule has 0 atom stereocenters. The molecule has 3 rings (SSSR count). The summed E-state index contributed by atoms with van der Waals surface area (Å²) in [5.41, 5.74) is 2.02. The van der Waals surface area contributed by atoms with E-state index in [2.05, 4.69) is 20.2 Å². The van der Waals surface area contributed by atoms with Crippen molar-refractivity contribution in [3.05, 3.63) is 46.1 Å². The van der Waals surface area contributed by atoms with E-state index >= 15 is 0 Å². The van der Waals surface area contributed by atoms with Gasteiger partial charge in [0.05, 0.1) is 10.6 Å². The third kappa shape index (κ3) is 2.57. The second-order valence-electron chi connectivity index (χ2n) is 4.46. The summed E-state index contributed by atoms with van der Waals surface area (Å²) in [6.07, 6.45) is 1.67. The highest BCUT2D eigenvalue weighted by atomic mass is 35.5. The van der Waals surface area contributed by atoms with Crippen LogP contribution in [-0.4, -0.2) is 25.3 Å². The molecule has 2 heterocycles. The van der Waals surface area contributed by atoms with Gasteiger partial charge in [0.1, 0.15) is 11.4 Å². The number of rotatable bonds is 2. The van der Waals surface area contributed by atoms with Crippen molar-refractivity contribution in [1.82, 2.24) is 20.2 Å². The van der Waals surface area contributed by atoms with Crippen LogP contribution in [0.5, 0.6) is 5.75 Å². The van der Waals surface area contributed by atoms with Crippen LogP contribution < -0.4 is 0 Å². The molecular formula is C14H10Cl2N4O. The van der Waals surface area contributed by atoms with Gasteiger partial charge >= 0.3 is 0 Å². The maximum Gasteiger partial charge on any atom is 0.200 e. The lowest BCUT2D eigenvalue weighted by atomic mass is 10.2. The molecule has 0 spiro atoms. The third-order valence-corrected chi connectivity index (χ3v) is 3.50. The summed E-state index contributed by atoms with van der Waals surface area (Å²) in [6, 6.07) is 6.79. The standard InChI is InChI=1S/C14H10Cl2N4O/c1-7-3-2-4-17-11(7)14-18-13(19-20-14)9-5-8(15)6-10(16)12(9)21/h2-6,21H,1H3,(H,18,19,20). The Balaban J connectivity index is 2.09. The molecule has 0 bridgehead atoms. The second-order valence-corrected chi connectivity index (χ2v) is 5.30. The van der Waals surface area contributed by atoms with E-state index in [-0.39, 0.29) is 10.8 Å². The zero-order chi connectivity index (χ0) is 15.0. The van der Waals surface area contributed by atoms with Gasteiger partial charge in [0, 0.05) is 11.2 Å². The summed E-state index contributed by atoms with van der Waals surface area (Å²) in [7, 11) is 0. The number of aromatic hydroxyl groups is 1. The van der Waals surface area contributed by atoms with Crippen LogP contribution in [0.3, 0.4) is 0 Å². The maximum absolute atomic E-state index is 10.0. The largest absolute Gasteiger partial charge is 0.506 e. The summed E-state index contributed by atoms with van der Waals surface area (Å²) in [4.78, 5) is 8.60. The molecule has 0 fully saturated rings. The molecule has 0 aliphatic heterocycles. The molecule has 106 valence electrons. The van der Waals surface area contributed by atoms with Gasteiger partial charge in [-0.1, -0.05) is 29.3 Å². The van der Waals surface area contributed by atoms with E-state index < -0.39 is 0 Å². The monoisotopic (exact) mass is 320 g/mol. The first-order chi connectivity index (χ1) is 10.1. The first-order valence-corrected chi connectivity index (χ1v) is 6.84. The Morgan fingerprint density at radius 1 is 1.24 bits per heavy atom. The Hall–Kier alpha value is -2.11. The normalized spacial score (nSPS) is 10.8. The molecule has 0 amide bonds. The predicted molar refractivity (Wildman–Crippen MR) is 81.5 cm³/mol. The first-order valence-electron chi connectivity index (χ1n) is 6.09. The smallest absolute Gasteiger partial charge is 0.200 e.